The lowest BCUT2D eigenvalue weighted by molar-refractivity contribution is -0.0511. The molecule has 4 heterocycles. The van der Waals surface area contributed by atoms with Crippen LogP contribution in [0.25, 0.3) is 16.8 Å². The van der Waals surface area contributed by atoms with E-state index in [4.69, 9.17) is 9.84 Å². The Morgan fingerprint density at radius 3 is 2.71 bits per heavy atom. The largest absolute Gasteiger partial charge is 0.394 e. The Bertz CT molecular complexity index is 800. The standard InChI is InChI=1S/C11H12N6O4/c18-1-5-7(19)8(20)11(21-5)16-3-13-6-9(16)14-4-17-10(6)12-2-15-17/h2-5,7-8,11,18-20H,1H2/t5-,7-,8-,11-/m1/s1. The van der Waals surface area contributed by atoms with Crippen LogP contribution < -0.4 is 0 Å². The van der Waals surface area contributed by atoms with Crippen LogP contribution in [0.15, 0.2) is 19.0 Å². The number of hydrogen-bond acceptors (Lipinski definition) is 8. The highest BCUT2D eigenvalue weighted by molar-refractivity contribution is 5.84. The summed E-state index contributed by atoms with van der Waals surface area (Å²) >= 11 is 0. The minimum Gasteiger partial charge on any atom is -0.394 e. The number of aliphatic hydroxyl groups excluding tert-OH is 3. The number of fused-ring (bicyclic) bond motifs is 3. The zero-order valence-corrected chi connectivity index (χ0v) is 10.7. The summed E-state index contributed by atoms with van der Waals surface area (Å²) in [5.41, 5.74) is 1.49. The molecule has 3 N–H and O–H groups in total. The lowest BCUT2D eigenvalue weighted by Gasteiger charge is -2.16. The summed E-state index contributed by atoms with van der Waals surface area (Å²) in [6.07, 6.45) is 0.239. The number of nitrogens with zero attached hydrogens (tertiary/aromatic N) is 6. The molecule has 0 radical (unpaired) electrons. The molecule has 1 saturated heterocycles. The van der Waals surface area contributed by atoms with Gasteiger partial charge in [-0.05, 0) is 0 Å². The van der Waals surface area contributed by atoms with Crippen molar-refractivity contribution in [2.45, 2.75) is 24.5 Å². The first-order valence-electron chi connectivity index (χ1n) is 6.34. The van der Waals surface area contributed by atoms with Gasteiger partial charge in [0.05, 0.1) is 12.9 Å². The second-order valence-corrected chi connectivity index (χ2v) is 4.83. The Balaban J connectivity index is 1.84. The van der Waals surface area contributed by atoms with Gasteiger partial charge in [0.2, 0.25) is 0 Å². The fourth-order valence-corrected chi connectivity index (χ4v) is 2.55. The molecule has 0 bridgehead atoms. The first-order chi connectivity index (χ1) is 10.2. The third-order valence-corrected chi connectivity index (χ3v) is 3.63. The highest BCUT2D eigenvalue weighted by Gasteiger charge is 2.43. The predicted molar refractivity (Wildman–Crippen MR) is 67.1 cm³/mol. The van der Waals surface area contributed by atoms with Crippen LogP contribution in [0.3, 0.4) is 0 Å². The van der Waals surface area contributed by atoms with Crippen LogP contribution in [0, 0.1) is 0 Å². The molecule has 0 aromatic carbocycles. The average Bonchev–Trinajstić information content (AvgIpc) is 3.17. The normalized spacial score (nSPS) is 29.7. The van der Waals surface area contributed by atoms with Gasteiger partial charge in [0.1, 0.15) is 31.0 Å². The maximum Gasteiger partial charge on any atom is 0.186 e. The molecule has 10 heteroatoms. The molecule has 1 fully saturated rings. The van der Waals surface area contributed by atoms with Gasteiger partial charge in [0.25, 0.3) is 0 Å². The molecule has 4 atom stereocenters. The van der Waals surface area contributed by atoms with E-state index in [0.717, 1.165) is 0 Å². The maximum absolute atomic E-state index is 10.1. The van der Waals surface area contributed by atoms with Gasteiger partial charge >= 0.3 is 0 Å². The molecule has 0 saturated carbocycles. The molecule has 1 aliphatic rings. The summed E-state index contributed by atoms with van der Waals surface area (Å²) in [5, 5.41) is 33.0. The fraction of sp³-hybridized carbons (Fsp3) is 0.455. The van der Waals surface area contributed by atoms with Gasteiger partial charge in [-0.25, -0.2) is 19.5 Å². The Hall–Kier alpha value is -2.14. The van der Waals surface area contributed by atoms with Crippen molar-refractivity contribution in [3.05, 3.63) is 19.0 Å². The highest BCUT2D eigenvalue weighted by Crippen LogP contribution is 2.31. The minimum atomic E-state index is -1.18. The van der Waals surface area contributed by atoms with Gasteiger partial charge in [-0.15, -0.1) is 0 Å². The molecule has 4 rings (SSSR count). The quantitative estimate of drug-likeness (QED) is 0.498. The summed E-state index contributed by atoms with van der Waals surface area (Å²) in [6, 6.07) is 0. The smallest absolute Gasteiger partial charge is 0.186 e. The monoisotopic (exact) mass is 292 g/mol. The lowest BCUT2D eigenvalue weighted by Crippen LogP contribution is -2.33. The van der Waals surface area contributed by atoms with Crippen LogP contribution in [0.5, 0.6) is 0 Å². The molecule has 0 spiro atoms. The topological polar surface area (TPSA) is 131 Å². The average molecular weight is 292 g/mol. The number of rotatable bonds is 2. The van der Waals surface area contributed by atoms with Crippen LogP contribution in [0.4, 0.5) is 0 Å². The predicted octanol–water partition coefficient (Wildman–Crippen LogP) is -1.91. The number of hydrogen-bond donors (Lipinski definition) is 3. The van der Waals surface area contributed by atoms with Crippen molar-refractivity contribution in [1.29, 1.82) is 0 Å². The number of aliphatic hydroxyl groups is 3. The van der Waals surface area contributed by atoms with E-state index in [2.05, 4.69) is 20.1 Å². The Morgan fingerprint density at radius 1 is 1.10 bits per heavy atom. The number of aromatic nitrogens is 6. The first kappa shape index (κ1) is 12.6. The summed E-state index contributed by atoms with van der Waals surface area (Å²) in [4.78, 5) is 12.5. The van der Waals surface area contributed by atoms with E-state index in [-0.39, 0.29) is 6.61 Å². The van der Waals surface area contributed by atoms with Crippen molar-refractivity contribution >= 4 is 16.8 Å². The zero-order chi connectivity index (χ0) is 14.6. The molecule has 0 unspecified atom stereocenters. The lowest BCUT2D eigenvalue weighted by atomic mass is 10.1. The van der Waals surface area contributed by atoms with Gasteiger partial charge in [-0.1, -0.05) is 0 Å². The van der Waals surface area contributed by atoms with Gasteiger partial charge in [0, 0.05) is 0 Å². The van der Waals surface area contributed by atoms with E-state index in [9.17, 15) is 10.2 Å². The fourth-order valence-electron chi connectivity index (χ4n) is 2.55. The van der Waals surface area contributed by atoms with Gasteiger partial charge in [0.15, 0.2) is 23.0 Å². The van der Waals surface area contributed by atoms with E-state index < -0.39 is 24.5 Å². The molecule has 0 aliphatic carbocycles. The van der Waals surface area contributed by atoms with Crippen LogP contribution in [0.2, 0.25) is 0 Å². The number of ether oxygens (including phenoxy) is 1. The molecule has 1 aliphatic heterocycles. The van der Waals surface area contributed by atoms with Crippen LogP contribution in [0.1, 0.15) is 6.23 Å². The summed E-state index contributed by atoms with van der Waals surface area (Å²) in [6.45, 7) is -0.386. The molecule has 3 aromatic rings. The third kappa shape index (κ3) is 1.67. The molecule has 0 amide bonds. The maximum atomic E-state index is 10.1. The van der Waals surface area contributed by atoms with Crippen molar-refractivity contribution in [2.24, 2.45) is 0 Å². The molecule has 21 heavy (non-hydrogen) atoms. The van der Waals surface area contributed by atoms with Gasteiger partial charge in [-0.2, -0.15) is 5.10 Å². The van der Waals surface area contributed by atoms with Crippen LogP contribution in [-0.2, 0) is 4.74 Å². The summed E-state index contributed by atoms with van der Waals surface area (Å²) in [5.74, 6) is 0. The highest BCUT2D eigenvalue weighted by atomic mass is 16.6. The summed E-state index contributed by atoms with van der Waals surface area (Å²) in [7, 11) is 0. The van der Waals surface area contributed by atoms with Gasteiger partial charge in [-0.3, -0.25) is 4.57 Å². The zero-order valence-electron chi connectivity index (χ0n) is 10.7. The first-order valence-corrected chi connectivity index (χ1v) is 6.34. The van der Waals surface area contributed by atoms with Crippen molar-refractivity contribution in [2.75, 3.05) is 6.61 Å². The van der Waals surface area contributed by atoms with Crippen molar-refractivity contribution in [3.63, 3.8) is 0 Å². The second kappa shape index (κ2) is 4.43. The van der Waals surface area contributed by atoms with E-state index in [1.807, 2.05) is 0 Å². The number of imidazole rings is 1. The second-order valence-electron chi connectivity index (χ2n) is 4.83. The summed E-state index contributed by atoms with van der Waals surface area (Å²) < 4.78 is 8.46. The van der Waals surface area contributed by atoms with Gasteiger partial charge < -0.3 is 20.1 Å². The van der Waals surface area contributed by atoms with Crippen molar-refractivity contribution in [3.8, 4) is 0 Å². The third-order valence-electron chi connectivity index (χ3n) is 3.63. The van der Waals surface area contributed by atoms with Crippen molar-refractivity contribution in [1.82, 2.24) is 29.1 Å². The molecule has 110 valence electrons. The SMILES string of the molecule is OC[C@H]1O[C@@H](n2cnc3c2ncn2ncnc32)[C@H](O)[C@@H]1O. The van der Waals surface area contributed by atoms with E-state index >= 15 is 0 Å². The van der Waals surface area contributed by atoms with Crippen molar-refractivity contribution < 1.29 is 20.1 Å². The molecule has 10 nitrogen and oxygen atoms in total. The minimum absolute atomic E-state index is 0.386. The molecular weight excluding hydrogens is 280 g/mol. The van der Waals surface area contributed by atoms with Crippen LogP contribution >= 0.6 is 0 Å². The molecule has 3 aromatic heterocycles. The van der Waals surface area contributed by atoms with Crippen LogP contribution in [-0.4, -0.2) is 69.4 Å². The Kier molecular flexibility index (Phi) is 2.65. The van der Waals surface area contributed by atoms with E-state index in [0.29, 0.717) is 16.8 Å². The Labute approximate surface area is 117 Å². The van der Waals surface area contributed by atoms with E-state index in [1.54, 1.807) is 0 Å². The Morgan fingerprint density at radius 2 is 1.95 bits per heavy atom. The van der Waals surface area contributed by atoms with E-state index in [1.165, 1.54) is 28.1 Å². The molecular formula is C11H12N6O4.